The Morgan fingerprint density at radius 2 is 2.00 bits per heavy atom. The van der Waals surface area contributed by atoms with Crippen LogP contribution >= 0.6 is 0 Å². The van der Waals surface area contributed by atoms with Gasteiger partial charge in [0.15, 0.2) is 0 Å². The van der Waals surface area contributed by atoms with Gasteiger partial charge in [0.05, 0.1) is 11.4 Å². The summed E-state index contributed by atoms with van der Waals surface area (Å²) in [6.07, 6.45) is 5.42. The number of nitrogens with zero attached hydrogens (tertiary/aromatic N) is 4. The summed E-state index contributed by atoms with van der Waals surface area (Å²) in [4.78, 5) is 13.5. The zero-order chi connectivity index (χ0) is 11.7. The van der Waals surface area contributed by atoms with Crippen molar-refractivity contribution in [3.63, 3.8) is 0 Å². The summed E-state index contributed by atoms with van der Waals surface area (Å²) in [6.45, 7) is 5.33. The van der Waals surface area contributed by atoms with Gasteiger partial charge in [0.1, 0.15) is 6.33 Å². The lowest BCUT2D eigenvalue weighted by molar-refractivity contribution is 0.314. The Bertz CT molecular complexity index is 398. The fourth-order valence-electron chi connectivity index (χ4n) is 2.77. The van der Waals surface area contributed by atoms with Gasteiger partial charge in [-0.2, -0.15) is 0 Å². The van der Waals surface area contributed by atoms with Crippen LogP contribution in [-0.2, 0) is 19.5 Å². The van der Waals surface area contributed by atoms with Gasteiger partial charge in [-0.3, -0.25) is 11.9 Å². The van der Waals surface area contributed by atoms with Crippen molar-refractivity contribution in [1.29, 1.82) is 0 Å². The van der Waals surface area contributed by atoms with E-state index in [1.807, 2.05) is 0 Å². The van der Waals surface area contributed by atoms with Crippen LogP contribution in [0, 0.1) is 7.05 Å². The van der Waals surface area contributed by atoms with E-state index in [2.05, 4.69) is 26.8 Å². The molecule has 4 nitrogen and oxygen atoms in total. The summed E-state index contributed by atoms with van der Waals surface area (Å²) >= 11 is 0. The molecule has 0 amide bonds. The predicted octanol–water partition coefficient (Wildman–Crippen LogP) is 1.22. The minimum atomic E-state index is 0.866. The van der Waals surface area contributed by atoms with E-state index in [4.69, 9.17) is 0 Å². The highest BCUT2D eigenvalue weighted by molar-refractivity contribution is 5.27. The summed E-state index contributed by atoms with van der Waals surface area (Å²) in [7, 11) is 3.99. The normalized spacial score (nSPS) is 21.7. The average molecular weight is 231 g/mol. The number of hydrogen-bond acceptors (Lipinski definition) is 4. The molecule has 2 aliphatic rings. The van der Waals surface area contributed by atoms with Crippen molar-refractivity contribution in [3.8, 4) is 0 Å². The third-order valence-electron chi connectivity index (χ3n) is 3.75. The molecule has 0 unspecified atom stereocenters. The van der Waals surface area contributed by atoms with Gasteiger partial charge in [-0.15, -0.1) is 0 Å². The second-order valence-corrected chi connectivity index (χ2v) is 5.03. The van der Waals surface area contributed by atoms with Crippen molar-refractivity contribution in [2.45, 2.75) is 32.4 Å². The van der Waals surface area contributed by atoms with E-state index in [1.165, 1.54) is 42.9 Å². The number of fused-ring (bicyclic) bond motifs is 1. The molecule has 0 N–H and O–H groups in total. The molecule has 0 aromatic carbocycles. The minimum Gasteiger partial charge on any atom is -0.454 e. The Morgan fingerprint density at radius 1 is 1.18 bits per heavy atom. The van der Waals surface area contributed by atoms with Gasteiger partial charge >= 0.3 is 0 Å². The molecule has 4 heteroatoms. The summed E-state index contributed by atoms with van der Waals surface area (Å²) < 4.78 is 0. The van der Waals surface area contributed by atoms with Crippen molar-refractivity contribution in [2.75, 3.05) is 19.6 Å². The molecule has 0 bridgehead atoms. The van der Waals surface area contributed by atoms with E-state index in [0.29, 0.717) is 0 Å². The molecule has 0 atom stereocenters. The Hall–Kier alpha value is -1.00. The van der Waals surface area contributed by atoms with Gasteiger partial charge in [-0.25, -0.2) is 9.97 Å². The van der Waals surface area contributed by atoms with E-state index in [0.717, 1.165) is 26.1 Å². The molecule has 1 aromatic rings. The standard InChI is InChI=1S/C13H19N4/c1-16-7-4-11-12(8-16)14-10-15-13(11)9-17-5-2-3-6-17/h10H,1-9H2/q-1. The first kappa shape index (κ1) is 11.1. The zero-order valence-electron chi connectivity index (χ0n) is 10.2. The summed E-state index contributed by atoms with van der Waals surface area (Å²) in [5, 5.41) is 0. The first-order valence-electron chi connectivity index (χ1n) is 6.42. The summed E-state index contributed by atoms with van der Waals surface area (Å²) in [5.74, 6) is 0. The van der Waals surface area contributed by atoms with Crippen molar-refractivity contribution in [1.82, 2.24) is 19.8 Å². The lowest BCUT2D eigenvalue weighted by atomic mass is 10.0. The number of likely N-dealkylation sites (tertiary alicyclic amines) is 1. The molecular formula is C13H19N4-. The first-order valence-corrected chi connectivity index (χ1v) is 6.42. The van der Waals surface area contributed by atoms with Crippen LogP contribution in [0.25, 0.3) is 0 Å². The average Bonchev–Trinajstić information content (AvgIpc) is 2.82. The van der Waals surface area contributed by atoms with Crippen LogP contribution in [0.5, 0.6) is 0 Å². The largest absolute Gasteiger partial charge is 0.454 e. The fraction of sp³-hybridized carbons (Fsp3) is 0.615. The highest BCUT2D eigenvalue weighted by atomic mass is 15.2. The van der Waals surface area contributed by atoms with E-state index in [1.54, 1.807) is 6.33 Å². The van der Waals surface area contributed by atoms with Crippen LogP contribution in [0.15, 0.2) is 6.33 Å². The molecule has 17 heavy (non-hydrogen) atoms. The molecule has 3 heterocycles. The van der Waals surface area contributed by atoms with E-state index in [9.17, 15) is 0 Å². The van der Waals surface area contributed by atoms with Crippen molar-refractivity contribution in [3.05, 3.63) is 30.3 Å². The number of aromatic nitrogens is 2. The maximum Gasteiger partial charge on any atom is 0.116 e. The molecular weight excluding hydrogens is 212 g/mol. The maximum atomic E-state index is 4.49. The van der Waals surface area contributed by atoms with Gasteiger partial charge < -0.3 is 4.90 Å². The van der Waals surface area contributed by atoms with Crippen molar-refractivity contribution in [2.24, 2.45) is 0 Å². The lowest BCUT2D eigenvalue weighted by Gasteiger charge is -2.31. The smallest absolute Gasteiger partial charge is 0.116 e. The minimum absolute atomic E-state index is 0.866. The van der Waals surface area contributed by atoms with Crippen LogP contribution in [0.3, 0.4) is 0 Å². The Morgan fingerprint density at radius 3 is 2.82 bits per heavy atom. The van der Waals surface area contributed by atoms with Gasteiger partial charge in [0, 0.05) is 13.1 Å². The molecule has 2 aliphatic heterocycles. The number of rotatable bonds is 2. The molecule has 3 rings (SSSR count). The Kier molecular flexibility index (Phi) is 3.07. The molecule has 0 radical (unpaired) electrons. The first-order chi connectivity index (χ1) is 8.33. The maximum absolute atomic E-state index is 4.49. The number of hydrogen-bond donors (Lipinski definition) is 0. The third-order valence-corrected chi connectivity index (χ3v) is 3.75. The molecule has 0 aliphatic carbocycles. The Labute approximate surface area is 103 Å². The fourth-order valence-corrected chi connectivity index (χ4v) is 2.77. The van der Waals surface area contributed by atoms with E-state index in [-0.39, 0.29) is 0 Å². The van der Waals surface area contributed by atoms with E-state index < -0.39 is 0 Å². The second-order valence-electron chi connectivity index (χ2n) is 5.03. The van der Waals surface area contributed by atoms with Crippen molar-refractivity contribution >= 4 is 0 Å². The van der Waals surface area contributed by atoms with Crippen LogP contribution in [-0.4, -0.2) is 39.4 Å². The SMILES string of the molecule is [CH2-]N1CCc2c(ncnc2CN2CCCC2)C1. The van der Waals surface area contributed by atoms with Gasteiger partial charge in [0.25, 0.3) is 0 Å². The highest BCUT2D eigenvalue weighted by Gasteiger charge is 2.19. The van der Waals surface area contributed by atoms with Crippen molar-refractivity contribution < 1.29 is 0 Å². The molecule has 92 valence electrons. The molecule has 0 saturated carbocycles. The monoisotopic (exact) mass is 231 g/mol. The molecule has 1 saturated heterocycles. The molecule has 0 spiro atoms. The second kappa shape index (κ2) is 4.70. The lowest BCUT2D eigenvalue weighted by Crippen LogP contribution is -2.29. The van der Waals surface area contributed by atoms with Crippen LogP contribution in [0.1, 0.15) is 29.8 Å². The van der Waals surface area contributed by atoms with Crippen LogP contribution in [0.2, 0.25) is 0 Å². The third kappa shape index (κ3) is 2.33. The van der Waals surface area contributed by atoms with Crippen LogP contribution in [0.4, 0.5) is 0 Å². The van der Waals surface area contributed by atoms with Gasteiger partial charge in [0.2, 0.25) is 0 Å². The van der Waals surface area contributed by atoms with Crippen LogP contribution < -0.4 is 0 Å². The zero-order valence-corrected chi connectivity index (χ0v) is 10.2. The quantitative estimate of drug-likeness (QED) is 0.716. The van der Waals surface area contributed by atoms with Gasteiger partial charge in [-0.05, 0) is 44.5 Å². The summed E-state index contributed by atoms with van der Waals surface area (Å²) in [5.41, 5.74) is 3.79. The summed E-state index contributed by atoms with van der Waals surface area (Å²) in [6, 6.07) is 0. The molecule has 1 fully saturated rings. The Balaban J connectivity index is 1.82. The van der Waals surface area contributed by atoms with E-state index >= 15 is 0 Å². The molecule has 1 aromatic heterocycles. The highest BCUT2D eigenvalue weighted by Crippen LogP contribution is 2.21. The van der Waals surface area contributed by atoms with Gasteiger partial charge in [-0.1, -0.05) is 0 Å². The predicted molar refractivity (Wildman–Crippen MR) is 66.0 cm³/mol. The topological polar surface area (TPSA) is 32.3 Å².